The summed E-state index contributed by atoms with van der Waals surface area (Å²) in [4.78, 5) is 10.1. The fourth-order valence-corrected chi connectivity index (χ4v) is 1.36. The summed E-state index contributed by atoms with van der Waals surface area (Å²) < 4.78 is 36.9. The Morgan fingerprint density at radius 3 is 2.00 bits per heavy atom. The topological polar surface area (TPSA) is 63.4 Å². The second kappa shape index (κ2) is 4.56. The van der Waals surface area contributed by atoms with Gasteiger partial charge in [-0.15, -0.1) is 0 Å². The summed E-state index contributed by atoms with van der Waals surface area (Å²) in [5, 5.41) is 20.5. The molecule has 4 nitrogen and oxygen atoms in total. The zero-order valence-electron chi connectivity index (χ0n) is 9.73. The lowest BCUT2D eigenvalue weighted by molar-refractivity contribution is -0.575. The summed E-state index contributed by atoms with van der Waals surface area (Å²) in [5.74, 6) is 0. The zero-order chi connectivity index (χ0) is 14.1. The molecule has 1 atom stereocenters. The molecule has 0 aliphatic rings. The van der Waals surface area contributed by atoms with Gasteiger partial charge in [-0.1, -0.05) is 12.1 Å². The highest BCUT2D eigenvalue weighted by atomic mass is 19.4. The number of rotatable bonds is 3. The summed E-state index contributed by atoms with van der Waals surface area (Å²) in [7, 11) is 0. The van der Waals surface area contributed by atoms with Crippen LogP contribution in [-0.4, -0.2) is 15.6 Å². The van der Waals surface area contributed by atoms with Gasteiger partial charge in [-0.3, -0.25) is 10.1 Å². The molecule has 1 aromatic rings. The van der Waals surface area contributed by atoms with Gasteiger partial charge in [0.25, 0.3) is 0 Å². The Balaban J connectivity index is 3.03. The summed E-state index contributed by atoms with van der Waals surface area (Å²) in [6.07, 6.45) is -5.95. The predicted octanol–water partition coefficient (Wildman–Crippen LogP) is 2.79. The van der Waals surface area contributed by atoms with E-state index in [1.807, 2.05) is 0 Å². The van der Waals surface area contributed by atoms with Crippen LogP contribution in [0, 0.1) is 10.1 Å². The minimum atomic E-state index is -4.47. The highest BCUT2D eigenvalue weighted by molar-refractivity contribution is 5.27. The Bertz CT molecular complexity index is 440. The van der Waals surface area contributed by atoms with E-state index in [-0.39, 0.29) is 5.56 Å². The van der Waals surface area contributed by atoms with Crippen molar-refractivity contribution in [3.63, 3.8) is 0 Å². The van der Waals surface area contributed by atoms with Gasteiger partial charge in [0, 0.05) is 18.8 Å². The first kappa shape index (κ1) is 14.4. The van der Waals surface area contributed by atoms with Gasteiger partial charge in [0.15, 0.2) is 0 Å². The number of aliphatic hydroxyl groups is 1. The molecule has 0 amide bonds. The highest BCUT2D eigenvalue weighted by Gasteiger charge is 2.41. The first-order chi connectivity index (χ1) is 8.06. The van der Waals surface area contributed by atoms with Crippen molar-refractivity contribution in [3.8, 4) is 0 Å². The largest absolute Gasteiger partial charge is 0.416 e. The summed E-state index contributed by atoms with van der Waals surface area (Å²) >= 11 is 0. The van der Waals surface area contributed by atoms with Crippen LogP contribution >= 0.6 is 0 Å². The van der Waals surface area contributed by atoms with E-state index < -0.39 is 28.3 Å². The first-order valence-electron chi connectivity index (χ1n) is 5.06. The van der Waals surface area contributed by atoms with Gasteiger partial charge >= 0.3 is 6.18 Å². The van der Waals surface area contributed by atoms with Gasteiger partial charge in [0.2, 0.25) is 5.54 Å². The van der Waals surface area contributed by atoms with Gasteiger partial charge < -0.3 is 5.11 Å². The zero-order valence-corrected chi connectivity index (χ0v) is 9.73. The van der Waals surface area contributed by atoms with Crippen LogP contribution in [0.5, 0.6) is 0 Å². The summed E-state index contributed by atoms with van der Waals surface area (Å²) in [6.45, 7) is 2.41. The Morgan fingerprint density at radius 2 is 1.67 bits per heavy atom. The maximum atomic E-state index is 12.3. The standard InChI is InChI=1S/C11H12F3NO3/c1-10(2,15(17)18)9(16)7-3-5-8(6-4-7)11(12,13)14/h3-6,9,16H,1-2H3. The van der Waals surface area contributed by atoms with Gasteiger partial charge in [-0.25, -0.2) is 0 Å². The first-order valence-corrected chi connectivity index (χ1v) is 5.06. The van der Waals surface area contributed by atoms with E-state index in [1.54, 1.807) is 0 Å². The number of alkyl halides is 3. The number of aliphatic hydroxyl groups excluding tert-OH is 1. The molecule has 18 heavy (non-hydrogen) atoms. The minimum absolute atomic E-state index is 0.0738. The normalized spacial score (nSPS) is 14.3. The SMILES string of the molecule is CC(C)(C(O)c1ccc(C(F)(F)F)cc1)[N+](=O)[O-]. The molecule has 1 unspecified atom stereocenters. The molecular weight excluding hydrogens is 251 g/mol. The van der Waals surface area contributed by atoms with E-state index in [2.05, 4.69) is 0 Å². The second-order valence-electron chi connectivity index (χ2n) is 4.43. The summed E-state index contributed by atoms with van der Waals surface area (Å²) in [6, 6.07) is 3.65. The molecule has 1 N–H and O–H groups in total. The van der Waals surface area contributed by atoms with E-state index in [1.165, 1.54) is 13.8 Å². The van der Waals surface area contributed by atoms with Gasteiger partial charge in [-0.05, 0) is 17.7 Å². The smallest absolute Gasteiger partial charge is 0.381 e. The average molecular weight is 263 g/mol. The van der Waals surface area contributed by atoms with Gasteiger partial charge in [0.05, 0.1) is 5.56 Å². The lowest BCUT2D eigenvalue weighted by atomic mass is 9.91. The summed E-state index contributed by atoms with van der Waals surface area (Å²) in [5.41, 5.74) is -2.46. The van der Waals surface area contributed by atoms with Crippen LogP contribution < -0.4 is 0 Å². The molecule has 100 valence electrons. The maximum Gasteiger partial charge on any atom is 0.416 e. The molecule has 0 radical (unpaired) electrons. The molecular formula is C11H12F3NO3. The number of halogens is 3. The van der Waals surface area contributed by atoms with Crippen LogP contribution in [0.4, 0.5) is 13.2 Å². The Hall–Kier alpha value is -1.63. The van der Waals surface area contributed by atoms with E-state index in [0.717, 1.165) is 24.3 Å². The second-order valence-corrected chi connectivity index (χ2v) is 4.43. The van der Waals surface area contributed by atoms with Crippen LogP contribution in [0.1, 0.15) is 31.1 Å². The molecule has 0 aliphatic heterocycles. The van der Waals surface area contributed by atoms with Crippen LogP contribution in [0.15, 0.2) is 24.3 Å². The van der Waals surface area contributed by atoms with Crippen molar-refractivity contribution >= 4 is 0 Å². The number of benzene rings is 1. The molecule has 0 aliphatic carbocycles. The molecule has 0 spiro atoms. The van der Waals surface area contributed by atoms with Crippen LogP contribution in [0.3, 0.4) is 0 Å². The molecule has 7 heteroatoms. The number of nitro groups is 1. The fourth-order valence-electron chi connectivity index (χ4n) is 1.36. The predicted molar refractivity (Wildman–Crippen MR) is 57.5 cm³/mol. The lowest BCUT2D eigenvalue weighted by Gasteiger charge is -2.22. The molecule has 0 heterocycles. The maximum absolute atomic E-state index is 12.3. The Morgan fingerprint density at radius 1 is 1.22 bits per heavy atom. The van der Waals surface area contributed by atoms with Gasteiger partial charge in [0.1, 0.15) is 6.10 Å². The van der Waals surface area contributed by atoms with Crippen molar-refractivity contribution in [1.29, 1.82) is 0 Å². The van der Waals surface area contributed by atoms with Crippen molar-refractivity contribution in [1.82, 2.24) is 0 Å². The molecule has 0 aromatic heterocycles. The Labute approximate surface area is 101 Å². The van der Waals surface area contributed by atoms with Gasteiger partial charge in [-0.2, -0.15) is 13.2 Å². The number of hydrogen-bond acceptors (Lipinski definition) is 3. The van der Waals surface area contributed by atoms with E-state index in [4.69, 9.17) is 0 Å². The minimum Gasteiger partial charge on any atom is -0.381 e. The van der Waals surface area contributed by atoms with Crippen LogP contribution in [-0.2, 0) is 6.18 Å². The fraction of sp³-hybridized carbons (Fsp3) is 0.455. The Kier molecular flexibility index (Phi) is 3.66. The third-order valence-corrected chi connectivity index (χ3v) is 2.69. The van der Waals surface area contributed by atoms with Crippen molar-refractivity contribution in [2.24, 2.45) is 0 Å². The van der Waals surface area contributed by atoms with E-state index >= 15 is 0 Å². The highest BCUT2D eigenvalue weighted by Crippen LogP contribution is 2.32. The van der Waals surface area contributed by atoms with Crippen molar-refractivity contribution < 1.29 is 23.2 Å². The third-order valence-electron chi connectivity index (χ3n) is 2.69. The molecule has 0 saturated carbocycles. The monoisotopic (exact) mass is 263 g/mol. The molecule has 0 bridgehead atoms. The van der Waals surface area contributed by atoms with Crippen molar-refractivity contribution in [2.75, 3.05) is 0 Å². The van der Waals surface area contributed by atoms with Crippen molar-refractivity contribution in [2.45, 2.75) is 31.7 Å². The number of nitrogens with zero attached hydrogens (tertiary/aromatic N) is 1. The molecule has 0 fully saturated rings. The lowest BCUT2D eigenvalue weighted by Crippen LogP contribution is -2.38. The average Bonchev–Trinajstić information content (AvgIpc) is 2.26. The van der Waals surface area contributed by atoms with Crippen molar-refractivity contribution in [3.05, 3.63) is 45.5 Å². The van der Waals surface area contributed by atoms with E-state index in [9.17, 15) is 28.4 Å². The van der Waals surface area contributed by atoms with Crippen LogP contribution in [0.25, 0.3) is 0 Å². The van der Waals surface area contributed by atoms with Crippen LogP contribution in [0.2, 0.25) is 0 Å². The molecule has 0 saturated heterocycles. The quantitative estimate of drug-likeness (QED) is 0.673. The number of hydrogen-bond donors (Lipinski definition) is 1. The van der Waals surface area contributed by atoms with E-state index in [0.29, 0.717) is 0 Å². The molecule has 1 rings (SSSR count). The third kappa shape index (κ3) is 2.79. The molecule has 1 aromatic carbocycles.